The molecule has 1 aromatic carbocycles. The highest BCUT2D eigenvalue weighted by atomic mass is 35.5. The minimum absolute atomic E-state index is 0.0285. The van der Waals surface area contributed by atoms with E-state index in [0.29, 0.717) is 11.5 Å². The zero-order valence-corrected chi connectivity index (χ0v) is 9.26. The molecule has 0 saturated heterocycles. The van der Waals surface area contributed by atoms with Gasteiger partial charge in [-0.15, -0.1) is 0 Å². The molecule has 86 valence electrons. The van der Waals surface area contributed by atoms with Gasteiger partial charge < -0.3 is 5.32 Å². The van der Waals surface area contributed by atoms with Gasteiger partial charge >= 0.3 is 0 Å². The minimum Gasteiger partial charge on any atom is -0.338 e. The zero-order valence-electron chi connectivity index (χ0n) is 8.50. The number of nitro groups is 1. The van der Waals surface area contributed by atoms with Gasteiger partial charge in [0, 0.05) is 30.2 Å². The Morgan fingerprint density at radius 2 is 1.82 bits per heavy atom. The van der Waals surface area contributed by atoms with Crippen LogP contribution in [0.2, 0.25) is 5.15 Å². The van der Waals surface area contributed by atoms with Crippen LogP contribution in [0.15, 0.2) is 36.7 Å². The summed E-state index contributed by atoms with van der Waals surface area (Å²) in [4.78, 5) is 17.9. The lowest BCUT2D eigenvalue weighted by atomic mass is 10.3. The Bertz CT molecular complexity index is 544. The first-order valence-corrected chi connectivity index (χ1v) is 5.02. The van der Waals surface area contributed by atoms with E-state index in [0.717, 1.165) is 0 Å². The molecule has 0 bridgehead atoms. The van der Waals surface area contributed by atoms with Crippen molar-refractivity contribution in [2.75, 3.05) is 5.32 Å². The fourth-order valence-electron chi connectivity index (χ4n) is 1.21. The fourth-order valence-corrected chi connectivity index (χ4v) is 1.36. The Morgan fingerprint density at radius 3 is 2.41 bits per heavy atom. The average molecular weight is 251 g/mol. The third kappa shape index (κ3) is 2.67. The van der Waals surface area contributed by atoms with Gasteiger partial charge in [0.1, 0.15) is 0 Å². The molecular formula is C10H7ClN4O2. The molecule has 7 heteroatoms. The lowest BCUT2D eigenvalue weighted by molar-refractivity contribution is -0.384. The predicted molar refractivity (Wildman–Crippen MR) is 63.4 cm³/mol. The molecule has 0 radical (unpaired) electrons. The van der Waals surface area contributed by atoms with Gasteiger partial charge in [-0.1, -0.05) is 11.6 Å². The molecule has 0 unspecified atom stereocenters. The summed E-state index contributed by atoms with van der Waals surface area (Å²) in [6.07, 6.45) is 2.98. The molecule has 2 rings (SSSR count). The number of nitrogens with zero attached hydrogens (tertiary/aromatic N) is 3. The van der Waals surface area contributed by atoms with Crippen LogP contribution in [0.3, 0.4) is 0 Å². The Kier molecular flexibility index (Phi) is 3.15. The van der Waals surface area contributed by atoms with Crippen LogP contribution in [0.25, 0.3) is 0 Å². The largest absolute Gasteiger partial charge is 0.338 e. The molecule has 0 fully saturated rings. The van der Waals surface area contributed by atoms with Crippen molar-refractivity contribution in [2.24, 2.45) is 0 Å². The highest BCUT2D eigenvalue weighted by Gasteiger charge is 2.06. The Morgan fingerprint density at radius 1 is 1.18 bits per heavy atom. The van der Waals surface area contributed by atoms with Gasteiger partial charge in [-0.05, 0) is 12.1 Å². The summed E-state index contributed by atoms with van der Waals surface area (Å²) in [7, 11) is 0. The van der Waals surface area contributed by atoms with Crippen molar-refractivity contribution in [3.05, 3.63) is 51.9 Å². The molecule has 0 atom stereocenters. The molecule has 1 heterocycles. The summed E-state index contributed by atoms with van der Waals surface area (Å²) in [6, 6.07) is 5.94. The van der Waals surface area contributed by atoms with E-state index in [4.69, 9.17) is 11.6 Å². The number of non-ortho nitro benzene ring substituents is 1. The summed E-state index contributed by atoms with van der Waals surface area (Å²) >= 11 is 5.81. The van der Waals surface area contributed by atoms with E-state index in [1.807, 2.05) is 0 Å². The lowest BCUT2D eigenvalue weighted by Gasteiger charge is -2.05. The molecular weight excluding hydrogens is 244 g/mol. The van der Waals surface area contributed by atoms with Gasteiger partial charge in [-0.25, -0.2) is 9.97 Å². The van der Waals surface area contributed by atoms with Gasteiger partial charge in [0.05, 0.1) is 4.92 Å². The van der Waals surface area contributed by atoms with Crippen molar-refractivity contribution >= 4 is 28.8 Å². The average Bonchev–Trinajstić information content (AvgIpc) is 2.33. The normalized spacial score (nSPS) is 9.94. The van der Waals surface area contributed by atoms with E-state index < -0.39 is 4.92 Å². The maximum absolute atomic E-state index is 10.5. The lowest BCUT2D eigenvalue weighted by Crippen LogP contribution is -1.95. The van der Waals surface area contributed by atoms with E-state index in [9.17, 15) is 10.1 Å². The van der Waals surface area contributed by atoms with Crippen molar-refractivity contribution < 1.29 is 4.92 Å². The van der Waals surface area contributed by atoms with E-state index in [1.165, 1.54) is 24.5 Å². The summed E-state index contributed by atoms with van der Waals surface area (Å²) in [6.45, 7) is 0. The number of hydrogen-bond acceptors (Lipinski definition) is 5. The monoisotopic (exact) mass is 250 g/mol. The van der Waals surface area contributed by atoms with Crippen LogP contribution >= 0.6 is 11.6 Å². The molecule has 17 heavy (non-hydrogen) atoms. The van der Waals surface area contributed by atoms with Crippen LogP contribution in [0.5, 0.6) is 0 Å². The Labute approximate surface area is 101 Å². The second-order valence-electron chi connectivity index (χ2n) is 3.12. The van der Waals surface area contributed by atoms with E-state index in [-0.39, 0.29) is 10.8 Å². The first-order valence-electron chi connectivity index (χ1n) is 4.65. The van der Waals surface area contributed by atoms with Crippen LogP contribution in [-0.2, 0) is 0 Å². The molecule has 0 spiro atoms. The van der Waals surface area contributed by atoms with Crippen LogP contribution in [0, 0.1) is 10.1 Å². The van der Waals surface area contributed by atoms with Gasteiger partial charge in [0.25, 0.3) is 5.69 Å². The molecule has 0 aliphatic carbocycles. The van der Waals surface area contributed by atoms with Gasteiger partial charge in [-0.3, -0.25) is 10.1 Å². The summed E-state index contributed by atoms with van der Waals surface area (Å²) in [5, 5.41) is 13.6. The second-order valence-corrected chi connectivity index (χ2v) is 3.48. The first kappa shape index (κ1) is 11.3. The predicted octanol–water partition coefficient (Wildman–Crippen LogP) is 2.78. The Balaban J connectivity index is 2.20. The van der Waals surface area contributed by atoms with E-state index in [1.54, 1.807) is 12.1 Å². The molecule has 0 aliphatic heterocycles. The second kappa shape index (κ2) is 4.75. The molecule has 6 nitrogen and oxygen atoms in total. The van der Waals surface area contributed by atoms with E-state index >= 15 is 0 Å². The van der Waals surface area contributed by atoms with Crippen molar-refractivity contribution in [2.45, 2.75) is 0 Å². The summed E-state index contributed by atoms with van der Waals surface area (Å²) in [5.74, 6) is 0.406. The number of nitrogens with one attached hydrogen (secondary N) is 1. The number of anilines is 2. The number of hydrogen-bond donors (Lipinski definition) is 1. The van der Waals surface area contributed by atoms with Crippen molar-refractivity contribution in [1.82, 2.24) is 9.97 Å². The summed E-state index contributed by atoms with van der Waals surface area (Å²) < 4.78 is 0. The number of nitro benzene ring substituents is 1. The first-order chi connectivity index (χ1) is 8.16. The SMILES string of the molecule is O=[N+]([O-])c1ccc(Nc2nccnc2Cl)cc1. The van der Waals surface area contributed by atoms with Crippen LogP contribution in [0.4, 0.5) is 17.2 Å². The van der Waals surface area contributed by atoms with Crippen molar-refractivity contribution in [1.29, 1.82) is 0 Å². The Hall–Kier alpha value is -2.21. The third-order valence-corrected chi connectivity index (χ3v) is 2.27. The standard InChI is InChI=1S/C10H7ClN4O2/c11-9-10(13-6-5-12-9)14-7-1-3-8(4-2-7)15(16)17/h1-6H,(H,13,14). The van der Waals surface area contributed by atoms with Crippen LogP contribution < -0.4 is 5.32 Å². The number of halogens is 1. The van der Waals surface area contributed by atoms with Crippen LogP contribution in [-0.4, -0.2) is 14.9 Å². The quantitative estimate of drug-likeness (QED) is 0.669. The zero-order chi connectivity index (χ0) is 12.3. The minimum atomic E-state index is -0.459. The molecule has 0 saturated carbocycles. The van der Waals surface area contributed by atoms with Crippen molar-refractivity contribution in [3.8, 4) is 0 Å². The maximum atomic E-state index is 10.5. The third-order valence-electron chi connectivity index (χ3n) is 1.99. The molecule has 2 aromatic rings. The summed E-state index contributed by atoms with van der Waals surface area (Å²) in [5.41, 5.74) is 0.679. The van der Waals surface area contributed by atoms with E-state index in [2.05, 4.69) is 15.3 Å². The highest BCUT2D eigenvalue weighted by molar-refractivity contribution is 6.31. The molecule has 1 aromatic heterocycles. The number of benzene rings is 1. The number of aromatic nitrogens is 2. The van der Waals surface area contributed by atoms with Gasteiger partial charge in [0.15, 0.2) is 11.0 Å². The van der Waals surface area contributed by atoms with Crippen LogP contribution in [0.1, 0.15) is 0 Å². The topological polar surface area (TPSA) is 81.0 Å². The highest BCUT2D eigenvalue weighted by Crippen LogP contribution is 2.22. The molecule has 0 amide bonds. The van der Waals surface area contributed by atoms with Gasteiger partial charge in [-0.2, -0.15) is 0 Å². The van der Waals surface area contributed by atoms with Gasteiger partial charge in [0.2, 0.25) is 0 Å². The fraction of sp³-hybridized carbons (Fsp3) is 0. The molecule has 1 N–H and O–H groups in total. The number of rotatable bonds is 3. The van der Waals surface area contributed by atoms with Crippen molar-refractivity contribution in [3.63, 3.8) is 0 Å². The molecule has 0 aliphatic rings. The smallest absolute Gasteiger partial charge is 0.269 e. The maximum Gasteiger partial charge on any atom is 0.269 e.